The number of aryl methyl sites for hydroxylation is 1. The van der Waals surface area contributed by atoms with Gasteiger partial charge in [0.15, 0.2) is 5.96 Å². The van der Waals surface area contributed by atoms with Crippen molar-refractivity contribution in [2.45, 2.75) is 70.2 Å². The summed E-state index contributed by atoms with van der Waals surface area (Å²) in [6.45, 7) is 8.84. The number of thioether (sulfide) groups is 1. The highest BCUT2D eigenvalue weighted by molar-refractivity contribution is 7.99. The molecule has 0 amide bonds. The van der Waals surface area contributed by atoms with Crippen molar-refractivity contribution < 1.29 is 0 Å². The van der Waals surface area contributed by atoms with Gasteiger partial charge < -0.3 is 10.6 Å². The Bertz CT molecular complexity index is 610. The van der Waals surface area contributed by atoms with Crippen LogP contribution in [0, 0.1) is 5.92 Å². The molecule has 1 saturated heterocycles. The van der Waals surface area contributed by atoms with Crippen molar-refractivity contribution in [3.05, 3.63) is 16.1 Å². The summed E-state index contributed by atoms with van der Waals surface area (Å²) in [5.41, 5.74) is 1.25. The van der Waals surface area contributed by atoms with E-state index >= 15 is 0 Å². The summed E-state index contributed by atoms with van der Waals surface area (Å²) in [5, 5.41) is 11.6. The van der Waals surface area contributed by atoms with E-state index in [1.54, 1.807) is 11.3 Å². The van der Waals surface area contributed by atoms with Crippen LogP contribution in [0.3, 0.4) is 0 Å². The van der Waals surface area contributed by atoms with Gasteiger partial charge in [0.2, 0.25) is 0 Å². The van der Waals surface area contributed by atoms with Crippen molar-refractivity contribution in [3.63, 3.8) is 0 Å². The largest absolute Gasteiger partial charge is 0.356 e. The number of guanidine groups is 1. The molecule has 2 heterocycles. The van der Waals surface area contributed by atoms with Crippen LogP contribution in [0.1, 0.15) is 56.7 Å². The molecule has 1 aliphatic heterocycles. The maximum atomic E-state index is 4.72. The number of thiazole rings is 1. The summed E-state index contributed by atoms with van der Waals surface area (Å²) >= 11 is 3.91. The molecule has 0 bridgehead atoms. The smallest absolute Gasteiger partial charge is 0.191 e. The minimum Gasteiger partial charge on any atom is -0.356 e. The molecule has 1 saturated carbocycles. The van der Waals surface area contributed by atoms with Gasteiger partial charge in [0.25, 0.3) is 0 Å². The van der Waals surface area contributed by atoms with Gasteiger partial charge in [0, 0.05) is 36.8 Å². The topological polar surface area (TPSA) is 52.6 Å². The third-order valence-electron chi connectivity index (χ3n) is 5.90. The third-order valence-corrected chi connectivity index (χ3v) is 8.18. The van der Waals surface area contributed by atoms with Crippen molar-refractivity contribution in [3.8, 4) is 0 Å². The first-order valence-corrected chi connectivity index (χ1v) is 12.9. The molecule has 2 unspecified atom stereocenters. The second-order valence-corrected chi connectivity index (χ2v) is 10.5. The lowest BCUT2D eigenvalue weighted by molar-refractivity contribution is 0.176. The minimum absolute atomic E-state index is 0.586. The molecular weight excluding hydrogens is 386 g/mol. The van der Waals surface area contributed by atoms with Crippen LogP contribution in [-0.4, -0.2) is 59.6 Å². The molecule has 0 spiro atoms. The molecule has 0 radical (unpaired) electrons. The SMILES string of the molecule is CCSC1CCC(NC(=NC)NCC2CCN(Cc3csc(CC)n3)CC2)C1. The number of nitrogens with one attached hydrogen (secondary N) is 2. The lowest BCUT2D eigenvalue weighted by Crippen LogP contribution is -2.45. The third kappa shape index (κ3) is 6.63. The zero-order chi connectivity index (χ0) is 19.8. The second kappa shape index (κ2) is 11.4. The number of aromatic nitrogens is 1. The number of nitrogens with zero attached hydrogens (tertiary/aromatic N) is 3. The summed E-state index contributed by atoms with van der Waals surface area (Å²) < 4.78 is 0. The molecule has 2 N–H and O–H groups in total. The van der Waals surface area contributed by atoms with Gasteiger partial charge >= 0.3 is 0 Å². The van der Waals surface area contributed by atoms with Crippen LogP contribution < -0.4 is 10.6 Å². The second-order valence-electron chi connectivity index (χ2n) is 7.99. The van der Waals surface area contributed by atoms with Crippen molar-refractivity contribution >= 4 is 29.1 Å². The van der Waals surface area contributed by atoms with Crippen LogP contribution in [0.5, 0.6) is 0 Å². The normalized spacial score (nSPS) is 24.6. The van der Waals surface area contributed by atoms with Crippen molar-refractivity contribution in [2.75, 3.05) is 32.4 Å². The molecule has 28 heavy (non-hydrogen) atoms. The molecule has 2 fully saturated rings. The highest BCUT2D eigenvalue weighted by atomic mass is 32.2. The summed E-state index contributed by atoms with van der Waals surface area (Å²) in [6.07, 6.45) is 7.44. The number of rotatable bonds is 8. The van der Waals surface area contributed by atoms with Crippen molar-refractivity contribution in [2.24, 2.45) is 10.9 Å². The summed E-state index contributed by atoms with van der Waals surface area (Å²) in [7, 11) is 1.89. The Balaban J connectivity index is 1.34. The quantitative estimate of drug-likeness (QED) is 0.493. The average molecular weight is 424 g/mol. The van der Waals surface area contributed by atoms with Gasteiger partial charge in [-0.15, -0.1) is 11.3 Å². The fraction of sp³-hybridized carbons (Fsp3) is 0.810. The number of aliphatic imine (C=N–C) groups is 1. The van der Waals surface area contributed by atoms with Crippen LogP contribution >= 0.6 is 23.1 Å². The van der Waals surface area contributed by atoms with Crippen LogP contribution in [0.2, 0.25) is 0 Å². The van der Waals surface area contributed by atoms with Gasteiger partial charge in [-0.05, 0) is 63.3 Å². The molecule has 1 aromatic heterocycles. The van der Waals surface area contributed by atoms with Crippen LogP contribution in [-0.2, 0) is 13.0 Å². The highest BCUT2D eigenvalue weighted by Gasteiger charge is 2.25. The summed E-state index contributed by atoms with van der Waals surface area (Å²) in [5.74, 6) is 2.96. The standard InChI is InChI=1S/C21H37N5S2/c1-4-20-24-18(15-28-20)14-26-10-8-16(9-11-26)13-23-21(22-3)25-17-6-7-19(12-17)27-5-2/h15-17,19H,4-14H2,1-3H3,(H2,22,23,25). The number of hydrogen-bond acceptors (Lipinski definition) is 5. The maximum Gasteiger partial charge on any atom is 0.191 e. The number of piperidine rings is 1. The van der Waals surface area contributed by atoms with Gasteiger partial charge in [-0.25, -0.2) is 4.98 Å². The molecule has 158 valence electrons. The molecule has 2 aliphatic rings. The van der Waals surface area contributed by atoms with E-state index in [0.717, 1.165) is 36.6 Å². The Labute approximate surface area is 179 Å². The van der Waals surface area contributed by atoms with E-state index in [1.165, 1.54) is 61.6 Å². The van der Waals surface area contributed by atoms with Crippen LogP contribution in [0.25, 0.3) is 0 Å². The molecule has 7 heteroatoms. The number of likely N-dealkylation sites (tertiary alicyclic amines) is 1. The number of hydrogen-bond donors (Lipinski definition) is 2. The van der Waals surface area contributed by atoms with E-state index in [2.05, 4.69) is 51.5 Å². The molecule has 1 aromatic rings. The Kier molecular flexibility index (Phi) is 8.93. The Morgan fingerprint density at radius 3 is 2.79 bits per heavy atom. The van der Waals surface area contributed by atoms with Gasteiger partial charge in [-0.1, -0.05) is 13.8 Å². The van der Waals surface area contributed by atoms with Crippen LogP contribution in [0.4, 0.5) is 0 Å². The van der Waals surface area contributed by atoms with Crippen LogP contribution in [0.15, 0.2) is 10.4 Å². The van der Waals surface area contributed by atoms with Gasteiger partial charge in [0.1, 0.15) is 0 Å². The lowest BCUT2D eigenvalue weighted by atomic mass is 9.97. The molecule has 3 rings (SSSR count). The van der Waals surface area contributed by atoms with Gasteiger partial charge in [-0.2, -0.15) is 11.8 Å². The molecule has 1 aliphatic carbocycles. The molecular formula is C21H37N5S2. The fourth-order valence-electron chi connectivity index (χ4n) is 4.25. The zero-order valence-electron chi connectivity index (χ0n) is 17.7. The summed E-state index contributed by atoms with van der Waals surface area (Å²) in [6, 6.07) is 0.586. The highest BCUT2D eigenvalue weighted by Crippen LogP contribution is 2.29. The summed E-state index contributed by atoms with van der Waals surface area (Å²) in [4.78, 5) is 11.7. The van der Waals surface area contributed by atoms with E-state index in [9.17, 15) is 0 Å². The van der Waals surface area contributed by atoms with Gasteiger partial charge in [-0.3, -0.25) is 9.89 Å². The lowest BCUT2D eigenvalue weighted by Gasteiger charge is -2.32. The first-order valence-electron chi connectivity index (χ1n) is 10.9. The minimum atomic E-state index is 0.586. The molecule has 2 atom stereocenters. The fourth-order valence-corrected chi connectivity index (χ4v) is 6.13. The van der Waals surface area contributed by atoms with E-state index in [1.807, 2.05) is 7.05 Å². The molecule has 5 nitrogen and oxygen atoms in total. The van der Waals surface area contributed by atoms with E-state index in [0.29, 0.717) is 6.04 Å². The first kappa shape index (κ1) is 21.9. The zero-order valence-corrected chi connectivity index (χ0v) is 19.4. The van der Waals surface area contributed by atoms with E-state index in [4.69, 9.17) is 4.98 Å². The predicted molar refractivity (Wildman–Crippen MR) is 124 cm³/mol. The Morgan fingerprint density at radius 2 is 2.11 bits per heavy atom. The van der Waals surface area contributed by atoms with E-state index in [-0.39, 0.29) is 0 Å². The first-order chi connectivity index (χ1) is 13.7. The van der Waals surface area contributed by atoms with Crippen molar-refractivity contribution in [1.82, 2.24) is 20.5 Å². The van der Waals surface area contributed by atoms with E-state index < -0.39 is 0 Å². The maximum absolute atomic E-state index is 4.72. The predicted octanol–water partition coefficient (Wildman–Crippen LogP) is 3.76. The van der Waals surface area contributed by atoms with Crippen molar-refractivity contribution in [1.29, 1.82) is 0 Å². The Hall–Kier alpha value is -0.790. The molecule has 0 aromatic carbocycles. The monoisotopic (exact) mass is 423 g/mol. The Morgan fingerprint density at radius 1 is 1.29 bits per heavy atom. The van der Waals surface area contributed by atoms with Gasteiger partial charge in [0.05, 0.1) is 10.7 Å². The average Bonchev–Trinajstić information content (AvgIpc) is 3.36.